The summed E-state index contributed by atoms with van der Waals surface area (Å²) in [7, 11) is 6.56. The molecule has 2 rings (SSSR count). The number of ether oxygens (including phenoxy) is 4. The summed E-state index contributed by atoms with van der Waals surface area (Å²) in [6, 6.07) is 5.71. The van der Waals surface area contributed by atoms with E-state index in [1.807, 2.05) is 32.0 Å². The van der Waals surface area contributed by atoms with Crippen molar-refractivity contribution in [1.82, 2.24) is 0 Å². The SMILES string of the molecule is COc1ccc(OC)c2c(OC)c(CCC(C)(C)CO)cc(OC)c12. The average Bonchev–Trinajstić information content (AvgIpc) is 2.64. The Balaban J connectivity index is 2.72. The second-order valence-corrected chi connectivity index (χ2v) is 6.81. The van der Waals surface area contributed by atoms with Crippen molar-refractivity contribution in [1.29, 1.82) is 0 Å². The van der Waals surface area contributed by atoms with Crippen LogP contribution in [0.15, 0.2) is 18.2 Å². The van der Waals surface area contributed by atoms with Crippen LogP contribution in [0.25, 0.3) is 10.8 Å². The van der Waals surface area contributed by atoms with Crippen LogP contribution in [0.5, 0.6) is 23.0 Å². The zero-order chi connectivity index (χ0) is 18.6. The van der Waals surface area contributed by atoms with Gasteiger partial charge in [-0.05, 0) is 42.0 Å². The third kappa shape index (κ3) is 3.76. The van der Waals surface area contributed by atoms with Crippen molar-refractivity contribution in [2.24, 2.45) is 5.41 Å². The van der Waals surface area contributed by atoms with E-state index < -0.39 is 0 Å². The molecule has 0 aliphatic rings. The van der Waals surface area contributed by atoms with Gasteiger partial charge in [0.15, 0.2) is 0 Å². The molecule has 0 fully saturated rings. The van der Waals surface area contributed by atoms with Crippen LogP contribution in [-0.2, 0) is 6.42 Å². The monoisotopic (exact) mass is 348 g/mol. The first-order chi connectivity index (χ1) is 11.9. The van der Waals surface area contributed by atoms with Gasteiger partial charge in [-0.1, -0.05) is 13.8 Å². The summed E-state index contributed by atoms with van der Waals surface area (Å²) in [5.74, 6) is 2.87. The molecular weight excluding hydrogens is 320 g/mol. The molecule has 0 heterocycles. The Kier molecular flexibility index (Phi) is 6.01. The highest BCUT2D eigenvalue weighted by atomic mass is 16.5. The van der Waals surface area contributed by atoms with E-state index in [0.29, 0.717) is 17.2 Å². The number of rotatable bonds is 8. The van der Waals surface area contributed by atoms with E-state index in [9.17, 15) is 5.11 Å². The average molecular weight is 348 g/mol. The van der Waals surface area contributed by atoms with Gasteiger partial charge in [0, 0.05) is 6.61 Å². The summed E-state index contributed by atoms with van der Waals surface area (Å²) in [6.45, 7) is 4.22. The fourth-order valence-corrected chi connectivity index (χ4v) is 2.96. The molecule has 138 valence electrons. The van der Waals surface area contributed by atoms with Crippen molar-refractivity contribution in [2.75, 3.05) is 35.0 Å². The highest BCUT2D eigenvalue weighted by Gasteiger charge is 2.23. The van der Waals surface area contributed by atoms with Gasteiger partial charge in [-0.15, -0.1) is 0 Å². The number of aliphatic hydroxyl groups is 1. The molecule has 0 saturated carbocycles. The minimum Gasteiger partial charge on any atom is -0.496 e. The second kappa shape index (κ2) is 7.83. The Bertz CT molecular complexity index is 737. The van der Waals surface area contributed by atoms with Gasteiger partial charge in [-0.3, -0.25) is 0 Å². The first-order valence-electron chi connectivity index (χ1n) is 8.31. The minimum atomic E-state index is -0.161. The molecule has 2 aromatic rings. The van der Waals surface area contributed by atoms with Crippen molar-refractivity contribution in [2.45, 2.75) is 26.7 Å². The van der Waals surface area contributed by atoms with Crippen LogP contribution in [0.4, 0.5) is 0 Å². The smallest absolute Gasteiger partial charge is 0.134 e. The van der Waals surface area contributed by atoms with E-state index in [2.05, 4.69) is 0 Å². The molecule has 1 N–H and O–H groups in total. The number of aliphatic hydroxyl groups excluding tert-OH is 1. The lowest BCUT2D eigenvalue weighted by Crippen LogP contribution is -2.17. The summed E-state index contributed by atoms with van der Waals surface area (Å²) in [5.41, 5.74) is 0.853. The summed E-state index contributed by atoms with van der Waals surface area (Å²) in [5, 5.41) is 11.2. The maximum absolute atomic E-state index is 9.53. The van der Waals surface area contributed by atoms with Gasteiger partial charge < -0.3 is 24.1 Å². The number of hydrogen-bond donors (Lipinski definition) is 1. The number of benzene rings is 2. The Hall–Kier alpha value is -2.14. The molecule has 0 saturated heterocycles. The Labute approximate surface area is 149 Å². The molecular formula is C20H28O5. The van der Waals surface area contributed by atoms with Gasteiger partial charge in [0.25, 0.3) is 0 Å². The van der Waals surface area contributed by atoms with E-state index in [0.717, 1.165) is 34.9 Å². The molecule has 0 unspecified atom stereocenters. The Morgan fingerprint density at radius 1 is 0.840 bits per heavy atom. The van der Waals surface area contributed by atoms with Crippen molar-refractivity contribution in [3.63, 3.8) is 0 Å². The van der Waals surface area contributed by atoms with E-state index in [-0.39, 0.29) is 12.0 Å². The third-order valence-electron chi connectivity index (χ3n) is 4.56. The van der Waals surface area contributed by atoms with Crippen LogP contribution < -0.4 is 18.9 Å². The van der Waals surface area contributed by atoms with E-state index in [1.54, 1.807) is 28.4 Å². The molecule has 0 radical (unpaired) electrons. The van der Waals surface area contributed by atoms with Crippen LogP contribution >= 0.6 is 0 Å². The molecule has 25 heavy (non-hydrogen) atoms. The quantitative estimate of drug-likeness (QED) is 0.786. The molecule has 0 aromatic heterocycles. The molecule has 0 aliphatic carbocycles. The third-order valence-corrected chi connectivity index (χ3v) is 4.56. The summed E-state index contributed by atoms with van der Waals surface area (Å²) in [4.78, 5) is 0. The molecule has 0 bridgehead atoms. The van der Waals surface area contributed by atoms with Crippen LogP contribution in [0.2, 0.25) is 0 Å². The normalized spacial score (nSPS) is 11.5. The Morgan fingerprint density at radius 2 is 1.40 bits per heavy atom. The lowest BCUT2D eigenvalue weighted by molar-refractivity contribution is 0.150. The fourth-order valence-electron chi connectivity index (χ4n) is 2.96. The van der Waals surface area contributed by atoms with E-state index in [4.69, 9.17) is 18.9 Å². The number of hydrogen-bond acceptors (Lipinski definition) is 5. The van der Waals surface area contributed by atoms with Crippen LogP contribution in [0, 0.1) is 5.41 Å². The van der Waals surface area contributed by atoms with Gasteiger partial charge in [-0.2, -0.15) is 0 Å². The lowest BCUT2D eigenvalue weighted by atomic mass is 9.86. The summed E-state index contributed by atoms with van der Waals surface area (Å²) < 4.78 is 22.4. The van der Waals surface area contributed by atoms with Gasteiger partial charge >= 0.3 is 0 Å². The lowest BCUT2D eigenvalue weighted by Gasteiger charge is -2.23. The molecule has 0 aliphatic heterocycles. The predicted octanol–water partition coefficient (Wildman–Crippen LogP) is 3.83. The summed E-state index contributed by atoms with van der Waals surface area (Å²) in [6.07, 6.45) is 1.57. The maximum Gasteiger partial charge on any atom is 0.134 e. The first kappa shape index (κ1) is 19.2. The zero-order valence-corrected chi connectivity index (χ0v) is 15.9. The van der Waals surface area contributed by atoms with Crippen molar-refractivity contribution in [3.8, 4) is 23.0 Å². The van der Waals surface area contributed by atoms with Gasteiger partial charge in [0.2, 0.25) is 0 Å². The van der Waals surface area contributed by atoms with Gasteiger partial charge in [-0.25, -0.2) is 0 Å². The fraction of sp³-hybridized carbons (Fsp3) is 0.500. The molecule has 0 atom stereocenters. The number of methoxy groups -OCH3 is 4. The number of fused-ring (bicyclic) bond motifs is 1. The topological polar surface area (TPSA) is 57.2 Å². The Morgan fingerprint density at radius 3 is 1.88 bits per heavy atom. The zero-order valence-electron chi connectivity index (χ0n) is 15.9. The van der Waals surface area contributed by atoms with Crippen molar-refractivity contribution >= 4 is 10.8 Å². The van der Waals surface area contributed by atoms with Crippen LogP contribution in [0.1, 0.15) is 25.8 Å². The van der Waals surface area contributed by atoms with Gasteiger partial charge in [0.05, 0.1) is 39.2 Å². The molecule has 5 nitrogen and oxygen atoms in total. The largest absolute Gasteiger partial charge is 0.496 e. The minimum absolute atomic E-state index is 0.136. The highest BCUT2D eigenvalue weighted by Crippen LogP contribution is 2.46. The molecule has 5 heteroatoms. The molecule has 0 amide bonds. The molecule has 0 spiro atoms. The summed E-state index contributed by atoms with van der Waals surface area (Å²) >= 11 is 0. The van der Waals surface area contributed by atoms with Gasteiger partial charge in [0.1, 0.15) is 23.0 Å². The predicted molar refractivity (Wildman–Crippen MR) is 99.3 cm³/mol. The van der Waals surface area contributed by atoms with E-state index in [1.165, 1.54) is 0 Å². The molecule has 2 aromatic carbocycles. The highest BCUT2D eigenvalue weighted by molar-refractivity contribution is 6.03. The van der Waals surface area contributed by atoms with Crippen LogP contribution in [-0.4, -0.2) is 40.2 Å². The second-order valence-electron chi connectivity index (χ2n) is 6.81. The van der Waals surface area contributed by atoms with Crippen molar-refractivity contribution in [3.05, 3.63) is 23.8 Å². The number of aryl methyl sites for hydroxylation is 1. The first-order valence-corrected chi connectivity index (χ1v) is 8.31. The van der Waals surface area contributed by atoms with Crippen molar-refractivity contribution < 1.29 is 24.1 Å². The standard InChI is InChI=1S/C20H28O5/c1-20(2,12-21)10-9-13-11-16(24-5)17-14(22-3)7-8-15(23-4)18(17)19(13)25-6/h7-8,11,21H,9-10,12H2,1-6H3. The van der Waals surface area contributed by atoms with Crippen LogP contribution in [0.3, 0.4) is 0 Å². The maximum atomic E-state index is 9.53. The van der Waals surface area contributed by atoms with E-state index >= 15 is 0 Å².